The third-order valence-corrected chi connectivity index (χ3v) is 4.34. The second-order valence-corrected chi connectivity index (χ2v) is 6.03. The summed E-state index contributed by atoms with van der Waals surface area (Å²) in [4.78, 5) is 15.1. The van der Waals surface area contributed by atoms with Crippen molar-refractivity contribution in [3.8, 4) is 0 Å². The third-order valence-electron chi connectivity index (χ3n) is 4.34. The van der Waals surface area contributed by atoms with Gasteiger partial charge >= 0.3 is 5.97 Å². The normalized spacial score (nSPS) is 47.8. The van der Waals surface area contributed by atoms with E-state index < -0.39 is 79.4 Å². The Kier molecular flexibility index (Phi) is 6.55. The zero-order valence-electron chi connectivity index (χ0n) is 13.6. The van der Waals surface area contributed by atoms with Gasteiger partial charge in [-0.05, 0) is 0 Å². The number of nitrogens with zero attached hydrogens (tertiary/aromatic N) is 1. The highest BCUT2D eigenvalue weighted by atomic mass is 17.1. The Morgan fingerprint density at radius 1 is 0.889 bits per heavy atom. The first kappa shape index (κ1) is 22.1. The van der Waals surface area contributed by atoms with Crippen molar-refractivity contribution in [1.29, 1.82) is 0 Å². The molecule has 158 valence electrons. The fourth-order valence-corrected chi connectivity index (χ4v) is 2.89. The fourth-order valence-electron chi connectivity index (χ4n) is 2.89. The van der Waals surface area contributed by atoms with Crippen LogP contribution in [0.3, 0.4) is 0 Å². The summed E-state index contributed by atoms with van der Waals surface area (Å²) in [6, 6.07) is 0. The maximum Gasteiger partial charge on any atom is 0.357 e. The SMILES string of the molecule is O=[N+]([O-])O[C@@]1(OC2(CO)O[C@H](CO)[C@@H](O)[C@@H]2O)O[C@H](CO)[C@@H](O)[C@H](O)[C@H]1O. The van der Waals surface area contributed by atoms with Crippen molar-refractivity contribution < 1.29 is 65.0 Å². The van der Waals surface area contributed by atoms with E-state index in [4.69, 9.17) is 19.3 Å². The fraction of sp³-hybridized carbons (Fsp3) is 1.00. The first-order chi connectivity index (χ1) is 12.6. The van der Waals surface area contributed by atoms with Gasteiger partial charge in [0.25, 0.3) is 5.09 Å². The highest BCUT2D eigenvalue weighted by Crippen LogP contribution is 2.41. The van der Waals surface area contributed by atoms with Gasteiger partial charge in [0.1, 0.15) is 43.2 Å². The first-order valence-electron chi connectivity index (χ1n) is 7.69. The average molecular weight is 403 g/mol. The molecule has 0 saturated carbocycles. The summed E-state index contributed by atoms with van der Waals surface area (Å²) in [5.74, 6) is -5.99. The predicted octanol–water partition coefficient (Wildman–Crippen LogP) is -5.86. The smallest absolute Gasteiger partial charge is 0.357 e. The molecule has 2 rings (SSSR count). The molecule has 0 aromatic heterocycles. The molecule has 15 nitrogen and oxygen atoms in total. The van der Waals surface area contributed by atoms with E-state index in [1.165, 1.54) is 0 Å². The van der Waals surface area contributed by atoms with Crippen molar-refractivity contribution in [3.05, 3.63) is 10.1 Å². The lowest BCUT2D eigenvalue weighted by molar-refractivity contribution is -0.828. The maximum atomic E-state index is 10.9. The average Bonchev–Trinajstić information content (AvgIpc) is 2.87. The van der Waals surface area contributed by atoms with Crippen LogP contribution in [0, 0.1) is 10.1 Å². The van der Waals surface area contributed by atoms with Crippen LogP contribution in [0.15, 0.2) is 0 Å². The third kappa shape index (κ3) is 3.71. The van der Waals surface area contributed by atoms with Crippen LogP contribution in [0.4, 0.5) is 0 Å². The van der Waals surface area contributed by atoms with Crippen molar-refractivity contribution in [3.63, 3.8) is 0 Å². The first-order valence-corrected chi connectivity index (χ1v) is 7.69. The van der Waals surface area contributed by atoms with Crippen molar-refractivity contribution in [2.45, 2.75) is 54.5 Å². The number of rotatable bonds is 7. The van der Waals surface area contributed by atoms with Crippen LogP contribution in [-0.4, -0.2) is 120 Å². The molecule has 0 aromatic carbocycles. The molecule has 1 unspecified atom stereocenters. The number of ether oxygens (including phenoxy) is 3. The van der Waals surface area contributed by atoms with Gasteiger partial charge in [-0.1, -0.05) is 0 Å². The molecular formula is C12H21NO14. The van der Waals surface area contributed by atoms with Gasteiger partial charge < -0.3 is 50.3 Å². The van der Waals surface area contributed by atoms with Gasteiger partial charge in [-0.25, -0.2) is 4.84 Å². The minimum absolute atomic E-state index is 0.851. The molecule has 2 fully saturated rings. The Balaban J connectivity index is 2.45. The summed E-state index contributed by atoms with van der Waals surface area (Å²) < 4.78 is 15.0. The lowest BCUT2D eigenvalue weighted by atomic mass is 9.97. The van der Waals surface area contributed by atoms with Crippen LogP contribution in [-0.2, 0) is 19.0 Å². The molecule has 2 aliphatic heterocycles. The lowest BCUT2D eigenvalue weighted by Gasteiger charge is -2.48. The topological polar surface area (TPSA) is 242 Å². The Labute approximate surface area is 150 Å². The second kappa shape index (κ2) is 8.02. The van der Waals surface area contributed by atoms with Gasteiger partial charge in [-0.2, -0.15) is 0 Å². The van der Waals surface area contributed by atoms with Crippen molar-refractivity contribution >= 4 is 0 Å². The van der Waals surface area contributed by atoms with Gasteiger partial charge in [0.05, 0.1) is 13.2 Å². The highest BCUT2D eigenvalue weighted by Gasteiger charge is 2.65. The second-order valence-electron chi connectivity index (χ2n) is 6.03. The molecule has 9 atom stereocenters. The standard InChI is InChI=1S/C12H21NO14/c14-1-4-6(17)8(19)10(21)12(25-4,27-13(22)23)26-11(3-16)9(20)7(18)5(2-15)24-11/h4-10,14-21H,1-3H2/t4-,5-,6-,7-,8+,9+,10-,11?,12-/m1/s1. The summed E-state index contributed by atoms with van der Waals surface area (Å²) in [5.41, 5.74) is 0. The minimum atomic E-state index is -3.29. The summed E-state index contributed by atoms with van der Waals surface area (Å²) in [7, 11) is 0. The van der Waals surface area contributed by atoms with Crippen LogP contribution in [0.1, 0.15) is 0 Å². The van der Waals surface area contributed by atoms with Crippen LogP contribution in [0.2, 0.25) is 0 Å². The number of aliphatic hydroxyl groups is 8. The highest BCUT2D eigenvalue weighted by molar-refractivity contribution is 5.00. The van der Waals surface area contributed by atoms with E-state index in [0.717, 1.165) is 0 Å². The summed E-state index contributed by atoms with van der Waals surface area (Å²) in [5, 5.41) is 87.1. The quantitative estimate of drug-likeness (QED) is 0.112. The number of aliphatic hydroxyl groups excluding tert-OH is 8. The van der Waals surface area contributed by atoms with Crippen molar-refractivity contribution in [1.82, 2.24) is 0 Å². The van der Waals surface area contributed by atoms with Gasteiger partial charge in [-0.3, -0.25) is 4.74 Å². The Morgan fingerprint density at radius 2 is 1.44 bits per heavy atom. The molecule has 0 aromatic rings. The van der Waals surface area contributed by atoms with Crippen molar-refractivity contribution in [2.75, 3.05) is 19.8 Å². The van der Waals surface area contributed by atoms with Crippen LogP contribution in [0.25, 0.3) is 0 Å². The molecule has 0 bridgehead atoms. The molecular weight excluding hydrogens is 382 g/mol. The molecule has 0 amide bonds. The number of hydrogen-bond acceptors (Lipinski definition) is 14. The van der Waals surface area contributed by atoms with E-state index in [9.17, 15) is 45.9 Å². The Morgan fingerprint density at radius 3 is 1.89 bits per heavy atom. The lowest BCUT2D eigenvalue weighted by Crippen LogP contribution is -2.70. The molecule has 15 heteroatoms. The van der Waals surface area contributed by atoms with Crippen LogP contribution >= 0.6 is 0 Å². The van der Waals surface area contributed by atoms with Gasteiger partial charge in [0.15, 0.2) is 6.10 Å². The Bertz CT molecular complexity index is 534. The van der Waals surface area contributed by atoms with Crippen molar-refractivity contribution in [2.24, 2.45) is 0 Å². The molecule has 2 heterocycles. The predicted molar refractivity (Wildman–Crippen MR) is 75.7 cm³/mol. The van der Waals surface area contributed by atoms with Gasteiger partial charge in [0, 0.05) is 0 Å². The van der Waals surface area contributed by atoms with Gasteiger partial charge in [0.2, 0.25) is 5.79 Å². The Hall–Kier alpha value is -1.24. The monoisotopic (exact) mass is 403 g/mol. The van der Waals surface area contributed by atoms with E-state index in [-0.39, 0.29) is 0 Å². The summed E-state index contributed by atoms with van der Waals surface area (Å²) >= 11 is 0. The molecule has 8 N–H and O–H groups in total. The maximum absolute atomic E-state index is 10.9. The van der Waals surface area contributed by atoms with Crippen LogP contribution < -0.4 is 0 Å². The molecule has 27 heavy (non-hydrogen) atoms. The molecule has 2 saturated heterocycles. The van der Waals surface area contributed by atoms with E-state index in [2.05, 4.69) is 4.84 Å². The summed E-state index contributed by atoms with van der Waals surface area (Å²) in [6.45, 7) is -3.13. The number of hydrogen-bond donors (Lipinski definition) is 8. The molecule has 0 spiro atoms. The molecule has 2 aliphatic rings. The minimum Gasteiger partial charge on any atom is -0.394 e. The zero-order valence-corrected chi connectivity index (χ0v) is 13.6. The molecule has 0 aliphatic carbocycles. The van der Waals surface area contributed by atoms with Gasteiger partial charge in [-0.15, -0.1) is 10.1 Å². The largest absolute Gasteiger partial charge is 0.394 e. The van der Waals surface area contributed by atoms with E-state index in [0.29, 0.717) is 0 Å². The van der Waals surface area contributed by atoms with E-state index in [1.807, 2.05) is 0 Å². The summed E-state index contributed by atoms with van der Waals surface area (Å²) in [6.07, 6.45) is -13.8. The zero-order chi connectivity index (χ0) is 20.6. The van der Waals surface area contributed by atoms with Crippen LogP contribution in [0.5, 0.6) is 0 Å². The molecule has 0 radical (unpaired) electrons. The van der Waals surface area contributed by atoms with E-state index in [1.54, 1.807) is 0 Å². The van der Waals surface area contributed by atoms with E-state index >= 15 is 0 Å².